The van der Waals surface area contributed by atoms with Crippen LogP contribution in [0.15, 0.2) is 0 Å². The number of hydrogen-bond donors (Lipinski definition) is 0. The van der Waals surface area contributed by atoms with Crippen molar-refractivity contribution in [1.29, 1.82) is 0 Å². The summed E-state index contributed by atoms with van der Waals surface area (Å²) in [5.41, 5.74) is 0. The van der Waals surface area contributed by atoms with E-state index in [0.29, 0.717) is 6.92 Å². The maximum absolute atomic E-state index is 11.1. The highest BCUT2D eigenvalue weighted by Crippen LogP contribution is 2.98. The molecule has 9 heteroatoms. The van der Waals surface area contributed by atoms with Crippen LogP contribution in [0.3, 0.4) is 0 Å². The van der Waals surface area contributed by atoms with Crippen molar-refractivity contribution in [2.75, 3.05) is 0 Å². The van der Waals surface area contributed by atoms with Gasteiger partial charge < -0.3 is 0 Å². The van der Waals surface area contributed by atoms with Crippen molar-refractivity contribution in [3.8, 4) is 0 Å². The zero-order valence-corrected chi connectivity index (χ0v) is 5.84. The number of rotatable bonds is 2. The molecule has 0 aromatic carbocycles. The Hall–Kier alpha value is -0.570. The maximum atomic E-state index is 11.1. The molecule has 0 N–H and O–H groups in total. The number of hydrogen-bond acceptors (Lipinski definition) is 3. The summed E-state index contributed by atoms with van der Waals surface area (Å²) in [5.74, 6) is -1.61. The molecule has 0 aromatic heterocycles. The molecule has 0 saturated heterocycles. The summed E-state index contributed by atoms with van der Waals surface area (Å²) >= 11 is 0. The first kappa shape index (κ1) is 10.4. The van der Waals surface area contributed by atoms with Crippen molar-refractivity contribution < 1.29 is 33.4 Å². The summed E-state index contributed by atoms with van der Waals surface area (Å²) in [4.78, 5) is 12.3. The van der Waals surface area contributed by atoms with Crippen molar-refractivity contribution in [3.05, 3.63) is 0 Å². The van der Waals surface area contributed by atoms with Gasteiger partial charge in [-0.05, 0) is 4.33 Å². The molecule has 0 radical (unpaired) electrons. The Balaban J connectivity index is 4.28. The molecule has 0 amide bonds. The van der Waals surface area contributed by atoms with E-state index in [4.69, 9.17) is 0 Å². The smallest absolute Gasteiger partial charge is 0.279 e. The Morgan fingerprint density at radius 2 is 1.55 bits per heavy atom. The lowest BCUT2D eigenvalue weighted by atomic mass is 10.9. The molecule has 3 nitrogen and oxygen atoms in total. The third-order valence-corrected chi connectivity index (χ3v) is 0.605. The molecule has 0 saturated carbocycles. The van der Waals surface area contributed by atoms with Gasteiger partial charge in [-0.2, -0.15) is 0 Å². The van der Waals surface area contributed by atoms with Crippen molar-refractivity contribution in [3.63, 3.8) is 0 Å². The largest absolute Gasteiger partial charge is 0.430 e. The Labute approximate surface area is 57.9 Å². The average molecular weight is 202 g/mol. The highest BCUT2D eigenvalue weighted by molar-refractivity contribution is 8.42. The second-order valence-corrected chi connectivity index (χ2v) is 3.47. The Bertz CT molecular complexity index is 179. The fourth-order valence-electron chi connectivity index (χ4n) is 0.112. The van der Waals surface area contributed by atoms with Crippen molar-refractivity contribution >= 4 is 16.5 Å². The first-order valence-electron chi connectivity index (χ1n) is 2.01. The minimum Gasteiger partial charge on any atom is -0.279 e. The van der Waals surface area contributed by atoms with E-state index >= 15 is 0 Å². The fourth-order valence-corrected chi connectivity index (χ4v) is 0.337. The van der Waals surface area contributed by atoms with E-state index in [1.165, 1.54) is 0 Å². The first-order chi connectivity index (χ1) is 4.39. The molecule has 0 aliphatic heterocycles. The van der Waals surface area contributed by atoms with Gasteiger partial charge in [0.25, 0.3) is 0 Å². The zero-order valence-electron chi connectivity index (χ0n) is 5.02. The standard InChI is InChI=1S/C2H3F5O3S/c1-2(8)9-10-11(3,4,5,6)7/h1H3. The van der Waals surface area contributed by atoms with Gasteiger partial charge in [0.15, 0.2) is 0 Å². The van der Waals surface area contributed by atoms with Gasteiger partial charge >= 0.3 is 16.5 Å². The molecule has 0 spiro atoms. The molecular formula is C2H3F5O3S. The number of halogens is 5. The van der Waals surface area contributed by atoms with E-state index in [2.05, 4.69) is 4.89 Å². The Morgan fingerprint density at radius 1 is 1.18 bits per heavy atom. The van der Waals surface area contributed by atoms with Crippen LogP contribution in [0.1, 0.15) is 6.92 Å². The molecule has 0 atom stereocenters. The topological polar surface area (TPSA) is 35.5 Å². The van der Waals surface area contributed by atoms with Gasteiger partial charge in [-0.3, -0.25) is 4.89 Å². The number of carbonyl (C=O) groups excluding carboxylic acids is 1. The fraction of sp³-hybridized carbons (Fsp3) is 0.500. The van der Waals surface area contributed by atoms with E-state index < -0.39 is 16.5 Å². The summed E-state index contributed by atoms with van der Waals surface area (Å²) in [5, 5.41) is 0. The van der Waals surface area contributed by atoms with E-state index in [0.717, 1.165) is 0 Å². The van der Waals surface area contributed by atoms with E-state index in [1.54, 1.807) is 4.33 Å². The third kappa shape index (κ3) is 9.43. The quantitative estimate of drug-likeness (QED) is 0.392. The molecule has 0 bridgehead atoms. The van der Waals surface area contributed by atoms with Gasteiger partial charge in [0.1, 0.15) is 0 Å². The van der Waals surface area contributed by atoms with Crippen LogP contribution < -0.4 is 0 Å². The lowest BCUT2D eigenvalue weighted by Gasteiger charge is -2.35. The van der Waals surface area contributed by atoms with Crippen molar-refractivity contribution in [2.45, 2.75) is 6.92 Å². The molecule has 0 aliphatic carbocycles. The molecule has 0 heterocycles. The van der Waals surface area contributed by atoms with Crippen LogP contribution in [-0.4, -0.2) is 5.97 Å². The summed E-state index contributed by atoms with van der Waals surface area (Å²) in [6.45, 7) is 0.490. The molecule has 0 rings (SSSR count). The van der Waals surface area contributed by atoms with Gasteiger partial charge in [0, 0.05) is 6.92 Å². The van der Waals surface area contributed by atoms with E-state index in [-0.39, 0.29) is 0 Å². The van der Waals surface area contributed by atoms with Gasteiger partial charge in [0.2, 0.25) is 0 Å². The molecule has 70 valence electrons. The second-order valence-electron chi connectivity index (χ2n) is 1.54. The lowest BCUT2D eigenvalue weighted by Crippen LogP contribution is -2.13. The van der Waals surface area contributed by atoms with Crippen molar-refractivity contribution in [2.24, 2.45) is 0 Å². The van der Waals surface area contributed by atoms with Gasteiger partial charge in [-0.1, -0.05) is 19.4 Å². The Morgan fingerprint density at radius 3 is 1.64 bits per heavy atom. The van der Waals surface area contributed by atoms with Crippen LogP contribution in [0.5, 0.6) is 0 Å². The lowest BCUT2D eigenvalue weighted by molar-refractivity contribution is -0.227. The van der Waals surface area contributed by atoms with Crippen molar-refractivity contribution in [1.82, 2.24) is 0 Å². The normalized spacial score (nSPS) is 18.4. The average Bonchev–Trinajstić information content (AvgIpc) is 1.56. The molecule has 0 fully saturated rings. The monoisotopic (exact) mass is 202 g/mol. The second kappa shape index (κ2) is 1.78. The molecule has 11 heavy (non-hydrogen) atoms. The number of carbonyl (C=O) groups is 1. The SMILES string of the molecule is CC(=O)OOS(F)(F)(F)(F)F. The summed E-state index contributed by atoms with van der Waals surface area (Å²) < 4.78 is 57.2. The van der Waals surface area contributed by atoms with E-state index in [9.17, 15) is 24.2 Å². The minimum atomic E-state index is -10.0. The highest BCUT2D eigenvalue weighted by atomic mass is 32.5. The molecular weight excluding hydrogens is 199 g/mol. The first-order valence-corrected chi connectivity index (χ1v) is 3.89. The minimum absolute atomic E-state index is 0.490. The Kier molecular flexibility index (Phi) is 1.68. The zero-order chi connectivity index (χ0) is 9.40. The molecule has 0 aromatic rings. The third-order valence-electron chi connectivity index (χ3n) is 0.280. The highest BCUT2D eigenvalue weighted by Gasteiger charge is 2.69. The van der Waals surface area contributed by atoms with Crippen LogP contribution in [0.2, 0.25) is 0 Å². The van der Waals surface area contributed by atoms with E-state index in [1.807, 2.05) is 0 Å². The van der Waals surface area contributed by atoms with Crippen LogP contribution in [0.25, 0.3) is 0 Å². The predicted octanol–water partition coefficient (Wildman–Crippen LogP) is 2.69. The van der Waals surface area contributed by atoms with Crippen LogP contribution >= 0.6 is 10.5 Å². The van der Waals surface area contributed by atoms with Gasteiger partial charge in [-0.25, -0.2) is 4.79 Å². The van der Waals surface area contributed by atoms with Crippen LogP contribution in [-0.2, 0) is 14.0 Å². The summed E-state index contributed by atoms with van der Waals surface area (Å²) in [6, 6.07) is 0. The van der Waals surface area contributed by atoms with Gasteiger partial charge in [-0.15, -0.1) is 0 Å². The molecule has 0 unspecified atom stereocenters. The summed E-state index contributed by atoms with van der Waals surface area (Å²) in [7, 11) is -10.0. The maximum Gasteiger partial charge on any atom is 0.430 e. The molecule has 0 aliphatic rings. The van der Waals surface area contributed by atoms with Crippen LogP contribution in [0.4, 0.5) is 19.4 Å². The van der Waals surface area contributed by atoms with Crippen LogP contribution in [0, 0.1) is 0 Å². The predicted molar refractivity (Wildman–Crippen MR) is 26.0 cm³/mol. The van der Waals surface area contributed by atoms with Gasteiger partial charge in [0.05, 0.1) is 0 Å². The summed E-state index contributed by atoms with van der Waals surface area (Å²) in [6.07, 6.45) is 0.